The molecule has 7 nitrogen and oxygen atoms in total. The quantitative estimate of drug-likeness (QED) is 0.0784. The van der Waals surface area contributed by atoms with Gasteiger partial charge in [0.1, 0.15) is 17.0 Å². The van der Waals surface area contributed by atoms with Gasteiger partial charge in [-0.25, -0.2) is 13.6 Å². The average molecular weight is 400 g/mol. The predicted molar refractivity (Wildman–Crippen MR) is 92.1 cm³/mol. The zero-order valence-corrected chi connectivity index (χ0v) is 15.3. The number of nitro benzene ring substituents is 1. The van der Waals surface area contributed by atoms with Crippen molar-refractivity contribution in [3.8, 4) is 0 Å². The Hall–Kier alpha value is -2.91. The van der Waals surface area contributed by atoms with Crippen LogP contribution in [-0.4, -0.2) is 29.3 Å². The lowest BCUT2D eigenvalue weighted by atomic mass is 9.98. The topological polar surface area (TPSA) is 98.5 Å². The minimum Gasteiger partial charge on any atom is -0.462 e. The van der Waals surface area contributed by atoms with E-state index in [2.05, 4.69) is 5.32 Å². The Balaban J connectivity index is 2.53. The fourth-order valence-electron chi connectivity index (χ4n) is 2.33. The highest BCUT2D eigenvalue weighted by Gasteiger charge is 2.38. The molecule has 1 fully saturated rings. The number of nitro groups is 1. The van der Waals surface area contributed by atoms with Gasteiger partial charge in [0.15, 0.2) is 5.82 Å². The maximum absolute atomic E-state index is 14.5. The first-order valence-corrected chi connectivity index (χ1v) is 8.70. The Bertz CT molecular complexity index is 850. The first-order valence-electron chi connectivity index (χ1n) is 8.70. The molecule has 0 atom stereocenters. The number of nitrogens with one attached hydrogen (secondary N) is 1. The normalized spacial score (nSPS) is 14.0. The number of ketones is 1. The third kappa shape index (κ3) is 4.49. The van der Waals surface area contributed by atoms with Gasteiger partial charge in [0.25, 0.3) is 0 Å². The highest BCUT2D eigenvalue weighted by atomic mass is 19.2. The summed E-state index contributed by atoms with van der Waals surface area (Å²) in [6.07, 6.45) is 3.74. The summed E-state index contributed by atoms with van der Waals surface area (Å²) in [7, 11) is 0. The van der Waals surface area contributed by atoms with Gasteiger partial charge in [0.05, 0.1) is 11.5 Å². The molecule has 0 aliphatic heterocycles. The molecule has 1 aliphatic carbocycles. The van der Waals surface area contributed by atoms with Gasteiger partial charge in [-0.15, -0.1) is 0 Å². The maximum Gasteiger partial charge on any atom is 0.343 e. The standard InChI is InChI=1S/C18H19F3N2O5/c1-3-4-7-28-18(25)11(8-22-10-5-6-10)17(24)12-13(19)9(2)14(20)15(21)16(12)23(26)27/h8,10,22H,3-7H2,1-2H3/b11-8+. The van der Waals surface area contributed by atoms with E-state index in [9.17, 15) is 32.9 Å². The molecule has 0 bridgehead atoms. The van der Waals surface area contributed by atoms with Gasteiger partial charge in [0, 0.05) is 17.8 Å². The van der Waals surface area contributed by atoms with Crippen molar-refractivity contribution in [1.82, 2.24) is 5.32 Å². The van der Waals surface area contributed by atoms with E-state index < -0.39 is 56.5 Å². The van der Waals surface area contributed by atoms with Gasteiger partial charge in [-0.3, -0.25) is 14.9 Å². The van der Waals surface area contributed by atoms with E-state index in [0.29, 0.717) is 12.8 Å². The van der Waals surface area contributed by atoms with Crippen molar-refractivity contribution in [2.24, 2.45) is 0 Å². The number of ether oxygens (including phenoxy) is 1. The van der Waals surface area contributed by atoms with Gasteiger partial charge < -0.3 is 10.1 Å². The number of benzene rings is 1. The maximum atomic E-state index is 14.5. The van der Waals surface area contributed by atoms with Gasteiger partial charge in [0.2, 0.25) is 11.6 Å². The summed E-state index contributed by atoms with van der Waals surface area (Å²) in [5, 5.41) is 13.9. The summed E-state index contributed by atoms with van der Waals surface area (Å²) in [6.45, 7) is 2.65. The summed E-state index contributed by atoms with van der Waals surface area (Å²) in [6, 6.07) is -0.00207. The smallest absolute Gasteiger partial charge is 0.343 e. The second-order valence-electron chi connectivity index (χ2n) is 6.37. The molecule has 152 valence electrons. The Morgan fingerprint density at radius 1 is 1.25 bits per heavy atom. The molecule has 10 heteroatoms. The van der Waals surface area contributed by atoms with Crippen LogP contribution in [0.5, 0.6) is 0 Å². The fraction of sp³-hybridized carbons (Fsp3) is 0.444. The number of carbonyl (C=O) groups is 2. The first-order chi connectivity index (χ1) is 13.2. The van der Waals surface area contributed by atoms with Crippen LogP contribution in [0.4, 0.5) is 18.9 Å². The highest BCUT2D eigenvalue weighted by molar-refractivity contribution is 6.25. The van der Waals surface area contributed by atoms with E-state index in [0.717, 1.165) is 26.0 Å². The molecule has 2 rings (SSSR count). The van der Waals surface area contributed by atoms with E-state index in [-0.39, 0.29) is 12.6 Å². The lowest BCUT2D eigenvalue weighted by molar-refractivity contribution is -0.388. The van der Waals surface area contributed by atoms with Crippen molar-refractivity contribution < 1.29 is 32.4 Å². The van der Waals surface area contributed by atoms with Crippen LogP contribution in [0.3, 0.4) is 0 Å². The molecule has 1 aliphatic rings. The number of nitrogens with zero attached hydrogens (tertiary/aromatic N) is 1. The lowest BCUT2D eigenvalue weighted by Crippen LogP contribution is -2.23. The van der Waals surface area contributed by atoms with Crippen LogP contribution in [0.2, 0.25) is 0 Å². The third-order valence-corrected chi connectivity index (χ3v) is 4.16. The molecule has 1 aromatic rings. The van der Waals surface area contributed by atoms with Gasteiger partial charge in [-0.2, -0.15) is 4.39 Å². The van der Waals surface area contributed by atoms with Crippen LogP contribution >= 0.6 is 0 Å². The lowest BCUT2D eigenvalue weighted by Gasteiger charge is -2.11. The van der Waals surface area contributed by atoms with E-state index in [1.54, 1.807) is 0 Å². The highest BCUT2D eigenvalue weighted by Crippen LogP contribution is 2.32. The summed E-state index contributed by atoms with van der Waals surface area (Å²) in [4.78, 5) is 34.8. The van der Waals surface area contributed by atoms with Crippen molar-refractivity contribution in [3.05, 3.63) is 50.5 Å². The molecule has 0 amide bonds. The van der Waals surface area contributed by atoms with Crippen LogP contribution in [0, 0.1) is 34.5 Å². The first kappa shape index (κ1) is 21.4. The van der Waals surface area contributed by atoms with Gasteiger partial charge in [-0.1, -0.05) is 13.3 Å². The molecule has 0 unspecified atom stereocenters. The van der Waals surface area contributed by atoms with Crippen LogP contribution < -0.4 is 5.32 Å². The Morgan fingerprint density at radius 3 is 2.43 bits per heavy atom. The summed E-state index contributed by atoms with van der Waals surface area (Å²) >= 11 is 0. The number of hydrogen-bond acceptors (Lipinski definition) is 6. The zero-order valence-electron chi connectivity index (χ0n) is 15.3. The van der Waals surface area contributed by atoms with Crippen molar-refractivity contribution in [2.75, 3.05) is 6.61 Å². The van der Waals surface area contributed by atoms with Crippen molar-refractivity contribution in [1.29, 1.82) is 0 Å². The monoisotopic (exact) mass is 400 g/mol. The summed E-state index contributed by atoms with van der Waals surface area (Å²) in [5.41, 5.74) is -4.61. The molecule has 0 radical (unpaired) electrons. The fourth-order valence-corrected chi connectivity index (χ4v) is 2.33. The Morgan fingerprint density at radius 2 is 1.89 bits per heavy atom. The largest absolute Gasteiger partial charge is 0.462 e. The molecule has 0 saturated heterocycles. The zero-order chi connectivity index (χ0) is 21.0. The second-order valence-corrected chi connectivity index (χ2v) is 6.37. The molecule has 1 N–H and O–H groups in total. The molecular formula is C18H19F3N2O5. The van der Waals surface area contributed by atoms with E-state index in [1.807, 2.05) is 6.92 Å². The van der Waals surface area contributed by atoms with Gasteiger partial charge in [-0.05, 0) is 26.2 Å². The second kappa shape index (κ2) is 8.85. The Kier molecular flexibility index (Phi) is 6.76. The Labute approximate surface area is 158 Å². The molecule has 1 saturated carbocycles. The molecular weight excluding hydrogens is 381 g/mol. The molecule has 1 aromatic carbocycles. The summed E-state index contributed by atoms with van der Waals surface area (Å²) in [5.74, 6) is -7.94. The number of unbranched alkanes of at least 4 members (excludes halogenated alkanes) is 1. The van der Waals surface area contributed by atoms with Crippen LogP contribution in [0.15, 0.2) is 11.8 Å². The van der Waals surface area contributed by atoms with Gasteiger partial charge >= 0.3 is 11.7 Å². The predicted octanol–water partition coefficient (Wildman–Crippen LogP) is 3.48. The van der Waals surface area contributed by atoms with Crippen LogP contribution in [-0.2, 0) is 9.53 Å². The van der Waals surface area contributed by atoms with Crippen molar-refractivity contribution >= 4 is 17.4 Å². The molecule has 0 spiro atoms. The van der Waals surface area contributed by atoms with E-state index in [1.165, 1.54) is 0 Å². The molecule has 28 heavy (non-hydrogen) atoms. The molecule has 0 aromatic heterocycles. The minimum absolute atomic E-state index is 0.00207. The summed E-state index contributed by atoms with van der Waals surface area (Å²) < 4.78 is 47.3. The van der Waals surface area contributed by atoms with Crippen LogP contribution in [0.25, 0.3) is 0 Å². The van der Waals surface area contributed by atoms with Crippen molar-refractivity contribution in [3.63, 3.8) is 0 Å². The molecule has 0 heterocycles. The van der Waals surface area contributed by atoms with E-state index >= 15 is 0 Å². The minimum atomic E-state index is -1.97. The number of carbonyl (C=O) groups excluding carboxylic acids is 2. The van der Waals surface area contributed by atoms with E-state index in [4.69, 9.17) is 4.74 Å². The third-order valence-electron chi connectivity index (χ3n) is 4.16. The van der Waals surface area contributed by atoms with Crippen molar-refractivity contribution in [2.45, 2.75) is 45.6 Å². The average Bonchev–Trinajstić information content (AvgIpc) is 3.47. The van der Waals surface area contributed by atoms with Crippen LogP contribution in [0.1, 0.15) is 48.5 Å². The number of rotatable bonds is 9. The SMILES string of the molecule is CCCCOC(=O)/C(=C/NC1CC1)C(=O)c1c(F)c(C)c(F)c(F)c1[N+](=O)[O-]. The number of Topliss-reactive ketones (excluding diaryl/α,β-unsaturated/α-hetero) is 1. The number of esters is 1. The number of halogens is 3. The number of hydrogen-bond donors (Lipinski definition) is 1.